The van der Waals surface area contributed by atoms with Crippen molar-refractivity contribution >= 4 is 33.7 Å². The number of benzene rings is 2. The third-order valence-corrected chi connectivity index (χ3v) is 4.80. The highest BCUT2D eigenvalue weighted by Crippen LogP contribution is 2.26. The Labute approximate surface area is 145 Å². The second-order valence-electron chi connectivity index (χ2n) is 5.75. The van der Waals surface area contributed by atoms with E-state index in [1.54, 1.807) is 18.3 Å². The average molecular weight is 334 g/mol. The van der Waals surface area contributed by atoms with E-state index in [0.717, 1.165) is 16.1 Å². The molecule has 0 radical (unpaired) electrons. The summed E-state index contributed by atoms with van der Waals surface area (Å²) in [5.41, 5.74) is 4.69. The van der Waals surface area contributed by atoms with Gasteiger partial charge in [-0.25, -0.2) is 4.98 Å². The number of thiazole rings is 1. The molecule has 0 N–H and O–H groups in total. The van der Waals surface area contributed by atoms with E-state index < -0.39 is 6.10 Å². The molecule has 4 heteroatoms. The molecule has 120 valence electrons. The van der Waals surface area contributed by atoms with Gasteiger partial charge in [0.1, 0.15) is 16.8 Å². The Bertz CT molecular complexity index is 894. The monoisotopic (exact) mass is 334 g/mol. The van der Waals surface area contributed by atoms with Gasteiger partial charge in [-0.3, -0.25) is 0 Å². The van der Waals surface area contributed by atoms with Crippen LogP contribution in [0.25, 0.3) is 22.4 Å². The predicted molar refractivity (Wildman–Crippen MR) is 100 cm³/mol. The molecular weight excluding hydrogens is 316 g/mol. The number of ether oxygens (including phenoxy) is 1. The highest BCUT2D eigenvalue weighted by molar-refractivity contribution is 7.19. The van der Waals surface area contributed by atoms with Gasteiger partial charge in [0.25, 0.3) is 0 Å². The van der Waals surface area contributed by atoms with Crippen molar-refractivity contribution in [2.24, 2.45) is 0 Å². The first kappa shape index (κ1) is 16.2. The Hall–Kier alpha value is -2.64. The molecule has 0 fully saturated rings. The third-order valence-electron chi connectivity index (χ3n) is 3.81. The zero-order valence-electron chi connectivity index (χ0n) is 13.9. The molecule has 0 amide bonds. The van der Waals surface area contributed by atoms with Gasteiger partial charge in [0.15, 0.2) is 6.10 Å². The van der Waals surface area contributed by atoms with Gasteiger partial charge in [-0.2, -0.15) is 5.26 Å². The molecule has 0 aliphatic carbocycles. The maximum absolute atomic E-state index is 8.76. The molecule has 3 rings (SSSR count). The van der Waals surface area contributed by atoms with Gasteiger partial charge in [-0.05, 0) is 67.8 Å². The second kappa shape index (κ2) is 6.86. The van der Waals surface area contributed by atoms with Crippen molar-refractivity contribution in [3.63, 3.8) is 0 Å². The minimum absolute atomic E-state index is 0.443. The zero-order chi connectivity index (χ0) is 17.1. The van der Waals surface area contributed by atoms with Crippen molar-refractivity contribution in [2.45, 2.75) is 26.9 Å². The third kappa shape index (κ3) is 3.64. The van der Waals surface area contributed by atoms with Crippen LogP contribution in [0.5, 0.6) is 5.75 Å². The van der Waals surface area contributed by atoms with Crippen LogP contribution in [-0.4, -0.2) is 11.1 Å². The number of fused-ring (bicyclic) bond motifs is 1. The van der Waals surface area contributed by atoms with Gasteiger partial charge >= 0.3 is 0 Å². The molecule has 0 saturated carbocycles. The number of hydrogen-bond donors (Lipinski definition) is 0. The van der Waals surface area contributed by atoms with E-state index in [1.165, 1.54) is 15.8 Å². The summed E-state index contributed by atoms with van der Waals surface area (Å²) in [7, 11) is 0. The largest absolute Gasteiger partial charge is 0.476 e. The van der Waals surface area contributed by atoms with Crippen LogP contribution in [0, 0.1) is 25.2 Å². The predicted octanol–water partition coefficient (Wildman–Crippen LogP) is 5.37. The highest BCUT2D eigenvalue weighted by Gasteiger charge is 2.04. The molecule has 3 nitrogen and oxygen atoms in total. The Morgan fingerprint density at radius 3 is 2.54 bits per heavy atom. The molecule has 1 unspecified atom stereocenters. The fourth-order valence-corrected chi connectivity index (χ4v) is 3.27. The number of aromatic nitrogens is 1. The van der Waals surface area contributed by atoms with Crippen LogP contribution in [0.15, 0.2) is 36.4 Å². The lowest BCUT2D eigenvalue weighted by atomic mass is 10.1. The fraction of sp³-hybridized carbons (Fsp3) is 0.200. The molecule has 0 saturated heterocycles. The van der Waals surface area contributed by atoms with E-state index in [-0.39, 0.29) is 0 Å². The molecular formula is C20H18N2OS. The number of rotatable bonds is 4. The molecule has 1 heterocycles. The fourth-order valence-electron chi connectivity index (χ4n) is 2.32. The first-order valence-electron chi connectivity index (χ1n) is 7.77. The molecule has 2 aromatic carbocycles. The van der Waals surface area contributed by atoms with Crippen molar-refractivity contribution in [3.05, 3.63) is 58.1 Å². The minimum Gasteiger partial charge on any atom is -0.476 e. The lowest BCUT2D eigenvalue weighted by Crippen LogP contribution is -2.07. The van der Waals surface area contributed by atoms with Gasteiger partial charge in [-0.15, -0.1) is 11.3 Å². The summed E-state index contributed by atoms with van der Waals surface area (Å²) < 4.78 is 6.66. The zero-order valence-corrected chi connectivity index (χ0v) is 14.7. The van der Waals surface area contributed by atoms with E-state index in [0.29, 0.717) is 5.75 Å². The van der Waals surface area contributed by atoms with Crippen molar-refractivity contribution in [2.75, 3.05) is 0 Å². The lowest BCUT2D eigenvalue weighted by molar-refractivity contribution is 0.276. The van der Waals surface area contributed by atoms with Crippen LogP contribution in [0.1, 0.15) is 28.6 Å². The Kier molecular flexibility index (Phi) is 4.64. The Balaban J connectivity index is 1.77. The second-order valence-corrected chi connectivity index (χ2v) is 6.81. The number of nitrogens with zero attached hydrogens (tertiary/aromatic N) is 2. The van der Waals surface area contributed by atoms with Crippen LogP contribution in [0.2, 0.25) is 0 Å². The summed E-state index contributed by atoms with van der Waals surface area (Å²) in [5.74, 6) is 0.701. The molecule has 0 spiro atoms. The van der Waals surface area contributed by atoms with Crippen LogP contribution in [-0.2, 0) is 0 Å². The maximum atomic E-state index is 8.76. The minimum atomic E-state index is -0.443. The van der Waals surface area contributed by atoms with Crippen LogP contribution < -0.4 is 4.74 Å². The summed E-state index contributed by atoms with van der Waals surface area (Å²) in [6, 6.07) is 14.1. The smallest absolute Gasteiger partial charge is 0.181 e. The topological polar surface area (TPSA) is 45.9 Å². The first-order valence-corrected chi connectivity index (χ1v) is 8.59. The number of nitriles is 1. The van der Waals surface area contributed by atoms with Gasteiger partial charge in [-0.1, -0.05) is 18.2 Å². The molecule has 0 bridgehead atoms. The highest BCUT2D eigenvalue weighted by atomic mass is 32.1. The van der Waals surface area contributed by atoms with E-state index in [4.69, 9.17) is 10.00 Å². The summed E-state index contributed by atoms with van der Waals surface area (Å²) >= 11 is 1.70. The Morgan fingerprint density at radius 2 is 1.83 bits per heavy atom. The van der Waals surface area contributed by atoms with E-state index in [9.17, 15) is 0 Å². The van der Waals surface area contributed by atoms with Crippen molar-refractivity contribution in [1.29, 1.82) is 5.26 Å². The Morgan fingerprint density at radius 1 is 1.12 bits per heavy atom. The van der Waals surface area contributed by atoms with Crippen molar-refractivity contribution in [1.82, 2.24) is 4.98 Å². The molecule has 1 atom stereocenters. The normalized spacial score (nSPS) is 12.4. The molecule has 24 heavy (non-hydrogen) atoms. The summed E-state index contributed by atoms with van der Waals surface area (Å²) in [5, 5.41) is 9.76. The van der Waals surface area contributed by atoms with Gasteiger partial charge < -0.3 is 4.74 Å². The summed E-state index contributed by atoms with van der Waals surface area (Å²) in [4.78, 5) is 4.67. The van der Waals surface area contributed by atoms with E-state index >= 15 is 0 Å². The van der Waals surface area contributed by atoms with Crippen LogP contribution >= 0.6 is 11.3 Å². The average Bonchev–Trinajstić information content (AvgIpc) is 2.96. The lowest BCUT2D eigenvalue weighted by Gasteiger charge is -2.07. The first-order chi connectivity index (χ1) is 11.5. The summed E-state index contributed by atoms with van der Waals surface area (Å²) in [6.07, 6.45) is 3.62. The van der Waals surface area contributed by atoms with Crippen molar-refractivity contribution < 1.29 is 4.74 Å². The molecule has 0 aliphatic rings. The van der Waals surface area contributed by atoms with E-state index in [2.05, 4.69) is 37.0 Å². The number of aryl methyl sites for hydroxylation is 2. The molecule has 3 aromatic rings. The summed E-state index contributed by atoms with van der Waals surface area (Å²) in [6.45, 7) is 5.96. The van der Waals surface area contributed by atoms with Gasteiger partial charge in [0.2, 0.25) is 0 Å². The van der Waals surface area contributed by atoms with Gasteiger partial charge in [0, 0.05) is 0 Å². The maximum Gasteiger partial charge on any atom is 0.181 e. The SMILES string of the molecule is Cc1cc2nc(/C=C/c3ccc(OC(C)C#N)cc3)sc2cc1C. The van der Waals surface area contributed by atoms with Gasteiger partial charge in [0.05, 0.1) is 10.2 Å². The van der Waals surface area contributed by atoms with Crippen LogP contribution in [0.4, 0.5) is 0 Å². The van der Waals surface area contributed by atoms with E-state index in [1.807, 2.05) is 36.4 Å². The quantitative estimate of drug-likeness (QED) is 0.644. The van der Waals surface area contributed by atoms with Crippen molar-refractivity contribution in [3.8, 4) is 11.8 Å². The number of hydrogen-bond acceptors (Lipinski definition) is 4. The molecule has 1 aromatic heterocycles. The standard InChI is InChI=1S/C20H18N2OS/c1-13-10-18-19(11-14(13)2)24-20(22-18)9-6-16-4-7-17(8-5-16)23-15(3)12-21/h4-11,15H,1-3H3/b9-6+. The van der Waals surface area contributed by atoms with Crippen LogP contribution in [0.3, 0.4) is 0 Å². The molecule has 0 aliphatic heterocycles.